The Bertz CT molecular complexity index is 1040. The number of anilines is 1. The van der Waals surface area contributed by atoms with Crippen molar-refractivity contribution in [1.82, 2.24) is 9.97 Å². The third-order valence-electron chi connectivity index (χ3n) is 5.25. The van der Waals surface area contributed by atoms with Crippen LogP contribution in [0.2, 0.25) is 5.02 Å². The van der Waals surface area contributed by atoms with Crippen LogP contribution in [0.15, 0.2) is 54.7 Å². The number of aromatic nitrogens is 2. The van der Waals surface area contributed by atoms with Gasteiger partial charge in [-0.25, -0.2) is 14.8 Å². The molecule has 4 rings (SSSR count). The number of aromatic carboxylic acids is 1. The van der Waals surface area contributed by atoms with E-state index in [2.05, 4.69) is 14.9 Å². The quantitative estimate of drug-likeness (QED) is 0.597. The molecule has 30 heavy (non-hydrogen) atoms. The van der Waals surface area contributed by atoms with Crippen LogP contribution in [-0.4, -0.2) is 27.6 Å². The highest BCUT2D eigenvalue weighted by Crippen LogP contribution is 2.35. The number of ether oxygens (including phenoxy) is 1. The Morgan fingerprint density at radius 3 is 2.63 bits per heavy atom. The number of nitrogens with zero attached hydrogens (tertiary/aromatic N) is 3. The molecular weight excluding hydrogens is 402 g/mol. The van der Waals surface area contributed by atoms with Gasteiger partial charge in [0.25, 0.3) is 0 Å². The Morgan fingerprint density at radius 1 is 1.20 bits per heavy atom. The van der Waals surface area contributed by atoms with Gasteiger partial charge in [-0.05, 0) is 49.6 Å². The maximum Gasteiger partial charge on any atom is 0.339 e. The highest BCUT2D eigenvalue weighted by Gasteiger charge is 2.29. The van der Waals surface area contributed by atoms with Gasteiger partial charge < -0.3 is 14.7 Å². The van der Waals surface area contributed by atoms with Crippen LogP contribution >= 0.6 is 11.6 Å². The number of halogens is 1. The molecule has 0 spiro atoms. The van der Waals surface area contributed by atoms with Crippen molar-refractivity contribution in [3.05, 3.63) is 82.1 Å². The van der Waals surface area contributed by atoms with Crippen LogP contribution in [0.3, 0.4) is 0 Å². The summed E-state index contributed by atoms with van der Waals surface area (Å²) in [6, 6.07) is 15.5. The molecule has 1 saturated heterocycles. The van der Waals surface area contributed by atoms with Crippen LogP contribution in [0.1, 0.15) is 46.1 Å². The minimum Gasteiger partial charge on any atom is -0.487 e. The summed E-state index contributed by atoms with van der Waals surface area (Å²) in [6.45, 7) is 2.85. The standard InChI is InChI=1S/C23H22ClN3O3/c1-15-4-10-18(11-5-15)30-14-20-19(22(28)29)13-25-23(26-20)27-12-2-3-21(27)16-6-8-17(24)9-7-16/h4-11,13,21H,2-3,12,14H2,1H3,(H,28,29)/t21-/m0/s1. The van der Waals surface area contributed by atoms with E-state index in [4.69, 9.17) is 16.3 Å². The van der Waals surface area contributed by atoms with Crippen molar-refractivity contribution in [2.45, 2.75) is 32.4 Å². The molecule has 1 fully saturated rings. The van der Waals surface area contributed by atoms with E-state index >= 15 is 0 Å². The number of hydrogen-bond donors (Lipinski definition) is 1. The summed E-state index contributed by atoms with van der Waals surface area (Å²) in [7, 11) is 0. The number of aryl methyl sites for hydroxylation is 1. The minimum atomic E-state index is -1.07. The van der Waals surface area contributed by atoms with Gasteiger partial charge in [-0.1, -0.05) is 41.4 Å². The second kappa shape index (κ2) is 8.71. The zero-order valence-electron chi connectivity index (χ0n) is 16.6. The summed E-state index contributed by atoms with van der Waals surface area (Å²) in [5.74, 6) is 0.108. The molecule has 6 nitrogen and oxygen atoms in total. The Labute approximate surface area is 180 Å². The summed E-state index contributed by atoms with van der Waals surface area (Å²) in [4.78, 5) is 22.7. The highest BCUT2D eigenvalue weighted by atomic mass is 35.5. The number of carbonyl (C=O) groups is 1. The van der Waals surface area contributed by atoms with E-state index in [-0.39, 0.29) is 18.2 Å². The molecule has 0 unspecified atom stereocenters. The Hall–Kier alpha value is -3.12. The van der Waals surface area contributed by atoms with Crippen LogP contribution < -0.4 is 9.64 Å². The molecule has 2 heterocycles. The van der Waals surface area contributed by atoms with Gasteiger partial charge in [-0.15, -0.1) is 0 Å². The van der Waals surface area contributed by atoms with E-state index < -0.39 is 5.97 Å². The molecular formula is C23H22ClN3O3. The van der Waals surface area contributed by atoms with E-state index in [1.807, 2.05) is 55.5 Å². The van der Waals surface area contributed by atoms with Crippen LogP contribution in [0.5, 0.6) is 5.75 Å². The number of carboxylic acid groups (broad SMARTS) is 1. The van der Waals surface area contributed by atoms with Gasteiger partial charge in [-0.3, -0.25) is 0 Å². The first-order valence-electron chi connectivity index (χ1n) is 9.82. The second-order valence-electron chi connectivity index (χ2n) is 7.34. The van der Waals surface area contributed by atoms with E-state index in [0.717, 1.165) is 30.5 Å². The first-order valence-corrected chi connectivity index (χ1v) is 10.2. The molecule has 0 saturated carbocycles. The predicted octanol–water partition coefficient (Wildman–Crippen LogP) is 5.06. The minimum absolute atomic E-state index is 0.0492. The molecule has 1 N–H and O–H groups in total. The summed E-state index contributed by atoms with van der Waals surface area (Å²) in [6.07, 6.45) is 3.35. The maximum absolute atomic E-state index is 11.7. The molecule has 154 valence electrons. The van der Waals surface area contributed by atoms with Gasteiger partial charge in [0.05, 0.1) is 11.7 Å². The molecule has 2 aromatic carbocycles. The number of rotatable bonds is 6. The molecule has 7 heteroatoms. The lowest BCUT2D eigenvalue weighted by molar-refractivity contribution is 0.0692. The molecule has 0 radical (unpaired) electrons. The van der Waals surface area contributed by atoms with Crippen molar-refractivity contribution in [3.63, 3.8) is 0 Å². The fraction of sp³-hybridized carbons (Fsp3) is 0.261. The van der Waals surface area contributed by atoms with Crippen LogP contribution in [0.4, 0.5) is 5.95 Å². The first-order chi connectivity index (χ1) is 14.5. The van der Waals surface area contributed by atoms with Crippen molar-refractivity contribution in [1.29, 1.82) is 0 Å². The van der Waals surface area contributed by atoms with Gasteiger partial charge >= 0.3 is 5.97 Å². The van der Waals surface area contributed by atoms with Crippen LogP contribution in [0, 0.1) is 6.92 Å². The second-order valence-corrected chi connectivity index (χ2v) is 7.78. The summed E-state index contributed by atoms with van der Waals surface area (Å²) in [5, 5.41) is 10.2. The van der Waals surface area contributed by atoms with Gasteiger partial charge in [0.1, 0.15) is 17.9 Å². The zero-order chi connectivity index (χ0) is 21.1. The predicted molar refractivity (Wildman–Crippen MR) is 115 cm³/mol. The van der Waals surface area contributed by atoms with Crippen molar-refractivity contribution >= 4 is 23.5 Å². The lowest BCUT2D eigenvalue weighted by Gasteiger charge is -2.25. The molecule has 0 aliphatic carbocycles. The van der Waals surface area contributed by atoms with Crippen molar-refractivity contribution in [3.8, 4) is 5.75 Å². The Morgan fingerprint density at radius 2 is 1.93 bits per heavy atom. The fourth-order valence-corrected chi connectivity index (χ4v) is 3.78. The molecule has 0 amide bonds. The summed E-state index contributed by atoms with van der Waals surface area (Å²) < 4.78 is 5.79. The maximum atomic E-state index is 11.7. The van der Waals surface area contributed by atoms with E-state index in [1.54, 1.807) is 0 Å². The number of hydrogen-bond acceptors (Lipinski definition) is 5. The van der Waals surface area contributed by atoms with Gasteiger partial charge in [0.15, 0.2) is 0 Å². The molecule has 3 aromatic rings. The van der Waals surface area contributed by atoms with E-state index in [0.29, 0.717) is 22.4 Å². The smallest absolute Gasteiger partial charge is 0.339 e. The SMILES string of the molecule is Cc1ccc(OCc2nc(N3CCC[C@H]3c3ccc(Cl)cc3)ncc2C(=O)O)cc1. The molecule has 1 aliphatic rings. The number of benzene rings is 2. The topological polar surface area (TPSA) is 75.5 Å². The van der Waals surface area contributed by atoms with E-state index in [1.165, 1.54) is 6.20 Å². The van der Waals surface area contributed by atoms with Crippen LogP contribution in [0.25, 0.3) is 0 Å². The largest absolute Gasteiger partial charge is 0.487 e. The van der Waals surface area contributed by atoms with Crippen molar-refractivity contribution in [2.75, 3.05) is 11.4 Å². The number of carboxylic acids is 1. The molecule has 1 aromatic heterocycles. The molecule has 1 aliphatic heterocycles. The van der Waals surface area contributed by atoms with Crippen molar-refractivity contribution < 1.29 is 14.6 Å². The zero-order valence-corrected chi connectivity index (χ0v) is 17.3. The average molecular weight is 424 g/mol. The summed E-state index contributed by atoms with van der Waals surface area (Å²) in [5.41, 5.74) is 2.67. The monoisotopic (exact) mass is 423 g/mol. The van der Waals surface area contributed by atoms with Crippen molar-refractivity contribution in [2.24, 2.45) is 0 Å². The molecule has 1 atom stereocenters. The van der Waals surface area contributed by atoms with Gasteiger partial charge in [-0.2, -0.15) is 0 Å². The molecule has 0 bridgehead atoms. The third kappa shape index (κ3) is 4.39. The highest BCUT2D eigenvalue weighted by molar-refractivity contribution is 6.30. The average Bonchev–Trinajstić information content (AvgIpc) is 3.23. The summed E-state index contributed by atoms with van der Waals surface area (Å²) >= 11 is 6.03. The Kier molecular flexibility index (Phi) is 5.86. The lowest BCUT2D eigenvalue weighted by Crippen LogP contribution is -2.26. The van der Waals surface area contributed by atoms with E-state index in [9.17, 15) is 9.90 Å². The third-order valence-corrected chi connectivity index (χ3v) is 5.50. The van der Waals surface area contributed by atoms with Gasteiger partial charge in [0.2, 0.25) is 5.95 Å². The first kappa shape index (κ1) is 20.2. The Balaban J connectivity index is 1.60. The van der Waals surface area contributed by atoms with Gasteiger partial charge in [0, 0.05) is 17.8 Å². The van der Waals surface area contributed by atoms with Crippen LogP contribution in [-0.2, 0) is 6.61 Å². The normalized spacial score (nSPS) is 15.9. The fourth-order valence-electron chi connectivity index (χ4n) is 3.66. The lowest BCUT2D eigenvalue weighted by atomic mass is 10.1.